The van der Waals surface area contributed by atoms with Crippen LogP contribution in [0.4, 0.5) is 4.39 Å². The summed E-state index contributed by atoms with van der Waals surface area (Å²) in [5.41, 5.74) is 7.71. The van der Waals surface area contributed by atoms with Gasteiger partial charge in [0.25, 0.3) is 0 Å². The molecular formula is C15H21FN4O. The number of aromatic nitrogens is 1. The highest BCUT2D eigenvalue weighted by Crippen LogP contribution is 2.19. The highest BCUT2D eigenvalue weighted by molar-refractivity contribution is 5.83. The smallest absolute Gasteiger partial charge is 0.188 e. The Kier molecular flexibility index (Phi) is 5.16. The second kappa shape index (κ2) is 7.08. The zero-order valence-electron chi connectivity index (χ0n) is 12.3. The van der Waals surface area contributed by atoms with Crippen molar-refractivity contribution >= 4 is 16.9 Å². The van der Waals surface area contributed by atoms with Gasteiger partial charge in [-0.1, -0.05) is 0 Å². The van der Waals surface area contributed by atoms with E-state index in [0.29, 0.717) is 19.1 Å². The average Bonchev–Trinajstić information content (AvgIpc) is 2.81. The fourth-order valence-corrected chi connectivity index (χ4v) is 2.25. The molecule has 1 heterocycles. The number of nitrogens with zero attached hydrogens (tertiary/aromatic N) is 1. The van der Waals surface area contributed by atoms with Gasteiger partial charge >= 0.3 is 0 Å². The van der Waals surface area contributed by atoms with E-state index < -0.39 is 0 Å². The van der Waals surface area contributed by atoms with Crippen molar-refractivity contribution in [1.29, 1.82) is 0 Å². The van der Waals surface area contributed by atoms with Crippen LogP contribution in [0.3, 0.4) is 0 Å². The van der Waals surface area contributed by atoms with Crippen LogP contribution in [0.1, 0.15) is 12.5 Å². The maximum atomic E-state index is 13.1. The van der Waals surface area contributed by atoms with E-state index in [-0.39, 0.29) is 11.9 Å². The van der Waals surface area contributed by atoms with Crippen LogP contribution in [0.15, 0.2) is 29.4 Å². The lowest BCUT2D eigenvalue weighted by atomic mass is 10.1. The quantitative estimate of drug-likeness (QED) is 0.561. The molecule has 0 saturated heterocycles. The molecule has 1 atom stereocenters. The number of guanidine groups is 1. The molecule has 5 nitrogen and oxygen atoms in total. The summed E-state index contributed by atoms with van der Waals surface area (Å²) in [4.78, 5) is 7.35. The lowest BCUT2D eigenvalue weighted by molar-refractivity contribution is 0.179. The van der Waals surface area contributed by atoms with Gasteiger partial charge in [-0.15, -0.1) is 0 Å². The molecule has 1 aromatic carbocycles. The van der Waals surface area contributed by atoms with Gasteiger partial charge in [0.05, 0.1) is 6.61 Å². The van der Waals surface area contributed by atoms with E-state index in [0.717, 1.165) is 22.9 Å². The van der Waals surface area contributed by atoms with Crippen molar-refractivity contribution in [1.82, 2.24) is 10.3 Å². The van der Waals surface area contributed by atoms with Gasteiger partial charge in [0.1, 0.15) is 5.82 Å². The number of fused-ring (bicyclic) bond motifs is 1. The molecule has 0 bridgehead atoms. The van der Waals surface area contributed by atoms with Gasteiger partial charge in [-0.25, -0.2) is 4.39 Å². The molecular weight excluding hydrogens is 271 g/mol. The van der Waals surface area contributed by atoms with E-state index in [1.807, 2.05) is 13.1 Å². The zero-order chi connectivity index (χ0) is 15.2. The molecule has 4 N–H and O–H groups in total. The molecule has 0 aliphatic rings. The van der Waals surface area contributed by atoms with Gasteiger partial charge in [0.2, 0.25) is 0 Å². The van der Waals surface area contributed by atoms with E-state index in [9.17, 15) is 4.39 Å². The minimum absolute atomic E-state index is 0.120. The van der Waals surface area contributed by atoms with Crippen molar-refractivity contribution in [2.24, 2.45) is 10.7 Å². The first kappa shape index (κ1) is 15.3. The van der Waals surface area contributed by atoms with Crippen LogP contribution in [0.2, 0.25) is 0 Å². The molecule has 0 aliphatic heterocycles. The Labute approximate surface area is 123 Å². The van der Waals surface area contributed by atoms with Crippen molar-refractivity contribution in [3.63, 3.8) is 0 Å². The van der Waals surface area contributed by atoms with E-state index in [4.69, 9.17) is 10.5 Å². The lowest BCUT2D eigenvalue weighted by Gasteiger charge is -2.12. The second-order valence-corrected chi connectivity index (χ2v) is 5.02. The third kappa shape index (κ3) is 4.19. The van der Waals surface area contributed by atoms with Crippen molar-refractivity contribution in [3.8, 4) is 0 Å². The number of hydrogen-bond acceptors (Lipinski definition) is 2. The minimum Gasteiger partial charge on any atom is -0.383 e. The predicted molar refractivity (Wildman–Crippen MR) is 82.9 cm³/mol. The molecule has 21 heavy (non-hydrogen) atoms. The Morgan fingerprint density at radius 2 is 2.33 bits per heavy atom. The van der Waals surface area contributed by atoms with Crippen molar-refractivity contribution in [2.45, 2.75) is 19.4 Å². The molecule has 0 spiro atoms. The van der Waals surface area contributed by atoms with E-state index in [1.54, 1.807) is 13.2 Å². The van der Waals surface area contributed by atoms with Crippen molar-refractivity contribution < 1.29 is 9.13 Å². The number of ether oxygens (including phenoxy) is 1. The number of nitrogens with one attached hydrogen (secondary N) is 2. The molecule has 2 rings (SSSR count). The minimum atomic E-state index is -0.241. The zero-order valence-corrected chi connectivity index (χ0v) is 12.3. The van der Waals surface area contributed by atoms with Crippen LogP contribution in [-0.2, 0) is 11.2 Å². The Morgan fingerprint density at radius 1 is 1.52 bits per heavy atom. The number of halogens is 1. The number of methoxy groups -OCH3 is 1. The van der Waals surface area contributed by atoms with Crippen LogP contribution < -0.4 is 11.1 Å². The van der Waals surface area contributed by atoms with Gasteiger partial charge in [0, 0.05) is 36.8 Å². The monoisotopic (exact) mass is 292 g/mol. The van der Waals surface area contributed by atoms with Gasteiger partial charge in [0.15, 0.2) is 5.96 Å². The molecule has 1 aromatic heterocycles. The maximum Gasteiger partial charge on any atom is 0.188 e. The standard InChI is InChI=1S/C15H21FN4O/c1-10(9-21-2)20-15(17)18-6-5-11-8-19-14-7-12(16)3-4-13(11)14/h3-4,7-8,10,19H,5-6,9H2,1-2H3,(H3,17,18,20). The fraction of sp³-hybridized carbons (Fsp3) is 0.400. The lowest BCUT2D eigenvalue weighted by Crippen LogP contribution is -2.40. The fourth-order valence-electron chi connectivity index (χ4n) is 2.25. The first-order valence-corrected chi connectivity index (χ1v) is 6.91. The topological polar surface area (TPSA) is 75.4 Å². The Bertz CT molecular complexity index is 623. The molecule has 0 radical (unpaired) electrons. The third-order valence-electron chi connectivity index (χ3n) is 3.20. The average molecular weight is 292 g/mol. The van der Waals surface area contributed by atoms with Crippen LogP contribution in [0, 0.1) is 5.82 Å². The molecule has 0 saturated carbocycles. The third-order valence-corrected chi connectivity index (χ3v) is 3.20. The highest BCUT2D eigenvalue weighted by atomic mass is 19.1. The van der Waals surface area contributed by atoms with Gasteiger partial charge < -0.3 is 20.8 Å². The molecule has 6 heteroatoms. The number of aliphatic imine (C=N–C) groups is 1. The van der Waals surface area contributed by atoms with Gasteiger partial charge in [-0.3, -0.25) is 4.99 Å². The number of hydrogen-bond donors (Lipinski definition) is 3. The molecule has 0 aliphatic carbocycles. The number of benzene rings is 1. The van der Waals surface area contributed by atoms with Gasteiger partial charge in [-0.05, 0) is 37.1 Å². The molecule has 0 amide bonds. The molecule has 1 unspecified atom stereocenters. The summed E-state index contributed by atoms with van der Waals surface area (Å²) in [5.74, 6) is 0.167. The SMILES string of the molecule is COCC(C)NC(N)=NCCc1c[nH]c2cc(F)ccc12. The Balaban J connectivity index is 1.92. The highest BCUT2D eigenvalue weighted by Gasteiger charge is 2.05. The first-order chi connectivity index (χ1) is 10.1. The largest absolute Gasteiger partial charge is 0.383 e. The van der Waals surface area contributed by atoms with Crippen LogP contribution in [-0.4, -0.2) is 37.2 Å². The maximum absolute atomic E-state index is 13.1. The number of H-pyrrole nitrogens is 1. The van der Waals surface area contributed by atoms with Crippen molar-refractivity contribution in [3.05, 3.63) is 35.8 Å². The summed E-state index contributed by atoms with van der Waals surface area (Å²) in [6, 6.07) is 4.85. The van der Waals surface area contributed by atoms with Crippen LogP contribution in [0.5, 0.6) is 0 Å². The summed E-state index contributed by atoms with van der Waals surface area (Å²) >= 11 is 0. The second-order valence-electron chi connectivity index (χ2n) is 5.02. The van der Waals surface area contributed by atoms with Crippen LogP contribution in [0.25, 0.3) is 10.9 Å². The number of nitrogens with two attached hydrogens (primary N) is 1. The molecule has 114 valence electrons. The Morgan fingerprint density at radius 3 is 3.10 bits per heavy atom. The van der Waals surface area contributed by atoms with Crippen molar-refractivity contribution in [2.75, 3.05) is 20.3 Å². The molecule has 2 aromatic rings. The number of rotatable bonds is 6. The summed E-state index contributed by atoms with van der Waals surface area (Å²) in [7, 11) is 1.64. The summed E-state index contributed by atoms with van der Waals surface area (Å²) in [6.45, 7) is 3.12. The van der Waals surface area contributed by atoms with E-state index >= 15 is 0 Å². The summed E-state index contributed by atoms with van der Waals surface area (Å²) in [6.07, 6.45) is 2.63. The van der Waals surface area contributed by atoms with E-state index in [2.05, 4.69) is 15.3 Å². The normalized spacial score (nSPS) is 13.6. The number of aromatic amines is 1. The van der Waals surface area contributed by atoms with Gasteiger partial charge in [-0.2, -0.15) is 0 Å². The predicted octanol–water partition coefficient (Wildman–Crippen LogP) is 1.79. The van der Waals surface area contributed by atoms with Crippen LogP contribution >= 0.6 is 0 Å². The summed E-state index contributed by atoms with van der Waals surface area (Å²) < 4.78 is 18.1. The summed E-state index contributed by atoms with van der Waals surface area (Å²) in [5, 5.41) is 4.07. The molecule has 0 fully saturated rings. The van der Waals surface area contributed by atoms with E-state index in [1.165, 1.54) is 12.1 Å². The Hall–Kier alpha value is -2.08. The first-order valence-electron chi connectivity index (χ1n) is 6.91.